The normalized spacial score (nSPS) is 11.3. The lowest BCUT2D eigenvalue weighted by molar-refractivity contribution is 0.589. The number of rotatable bonds is 8. The van der Waals surface area contributed by atoms with Gasteiger partial charge in [0.15, 0.2) is 0 Å². The van der Waals surface area contributed by atoms with Gasteiger partial charge in [-0.3, -0.25) is 0 Å². The van der Waals surface area contributed by atoms with E-state index in [-0.39, 0.29) is 0 Å². The van der Waals surface area contributed by atoms with Crippen LogP contribution in [0.5, 0.6) is 0 Å². The molecule has 0 radical (unpaired) electrons. The van der Waals surface area contributed by atoms with Crippen LogP contribution in [0.2, 0.25) is 0 Å². The number of aromatic nitrogens is 2. The molecule has 0 amide bonds. The molecule has 0 fully saturated rings. The lowest BCUT2D eigenvalue weighted by atomic mass is 10.3. The second kappa shape index (κ2) is 7.25. The molecule has 0 aliphatic carbocycles. The minimum Gasteiger partial charge on any atom is -0.373 e. The second-order valence-corrected chi connectivity index (χ2v) is 5.98. The van der Waals surface area contributed by atoms with Crippen molar-refractivity contribution in [3.05, 3.63) is 11.9 Å². The molecule has 0 aliphatic rings. The van der Waals surface area contributed by atoms with Crippen molar-refractivity contribution in [3.63, 3.8) is 0 Å². The van der Waals surface area contributed by atoms with Crippen molar-refractivity contribution in [2.75, 3.05) is 37.0 Å². The second-order valence-electron chi connectivity index (χ2n) is 4.15. The Morgan fingerprint density at radius 1 is 1.21 bits per heavy atom. The topological polar surface area (TPSA) is 96.0 Å². The van der Waals surface area contributed by atoms with Crippen LogP contribution < -0.4 is 15.4 Å². The summed E-state index contributed by atoms with van der Waals surface area (Å²) in [6.45, 7) is 2.86. The molecule has 7 nitrogen and oxygen atoms in total. The smallest absolute Gasteiger partial charge is 0.208 e. The van der Waals surface area contributed by atoms with Crippen LogP contribution in [0.25, 0.3) is 0 Å². The highest BCUT2D eigenvalue weighted by Gasteiger charge is 2.04. The number of hydrogen-bond donors (Lipinski definition) is 3. The minimum absolute atomic E-state index is 0.320. The summed E-state index contributed by atoms with van der Waals surface area (Å²) in [7, 11) is -1.34. The van der Waals surface area contributed by atoms with E-state index in [1.54, 1.807) is 13.1 Å². The summed E-state index contributed by atoms with van der Waals surface area (Å²) in [4.78, 5) is 8.70. The number of hydrogen-bond acceptors (Lipinski definition) is 6. The summed E-state index contributed by atoms with van der Waals surface area (Å²) in [5.74, 6) is 2.21. The summed E-state index contributed by atoms with van der Waals surface area (Å²) in [6.07, 6.45) is 2.92. The predicted octanol–water partition coefficient (Wildman–Crippen LogP) is 0.432. The highest BCUT2D eigenvalue weighted by molar-refractivity contribution is 7.88. The van der Waals surface area contributed by atoms with Gasteiger partial charge < -0.3 is 10.6 Å². The molecule has 1 aromatic rings. The first-order valence-corrected chi connectivity index (χ1v) is 8.08. The van der Waals surface area contributed by atoms with E-state index in [0.717, 1.165) is 30.7 Å². The van der Waals surface area contributed by atoms with Gasteiger partial charge in [0.1, 0.15) is 17.5 Å². The Kier molecular flexibility index (Phi) is 5.97. The quantitative estimate of drug-likeness (QED) is 0.600. The van der Waals surface area contributed by atoms with Crippen LogP contribution in [0.3, 0.4) is 0 Å². The van der Waals surface area contributed by atoms with Gasteiger partial charge in [-0.25, -0.2) is 23.1 Å². The zero-order valence-electron chi connectivity index (χ0n) is 11.5. The van der Waals surface area contributed by atoms with E-state index in [2.05, 4.69) is 32.2 Å². The number of nitrogens with zero attached hydrogens (tertiary/aromatic N) is 2. The molecule has 3 N–H and O–H groups in total. The minimum atomic E-state index is -3.14. The van der Waals surface area contributed by atoms with Crippen molar-refractivity contribution in [1.29, 1.82) is 0 Å². The molecule has 0 spiro atoms. The Labute approximate surface area is 114 Å². The molecule has 19 heavy (non-hydrogen) atoms. The van der Waals surface area contributed by atoms with Gasteiger partial charge in [-0.1, -0.05) is 6.92 Å². The molecule has 0 bridgehead atoms. The largest absolute Gasteiger partial charge is 0.373 e. The Morgan fingerprint density at radius 3 is 2.47 bits per heavy atom. The molecule has 8 heteroatoms. The summed E-state index contributed by atoms with van der Waals surface area (Å²) in [6, 6.07) is 1.79. The average Bonchev–Trinajstić information content (AvgIpc) is 2.34. The number of nitrogens with one attached hydrogen (secondary N) is 3. The fourth-order valence-electron chi connectivity index (χ4n) is 1.48. The predicted molar refractivity (Wildman–Crippen MR) is 76.9 cm³/mol. The molecule has 108 valence electrons. The molecular formula is C11H21N5O2S. The van der Waals surface area contributed by atoms with E-state index in [1.165, 1.54) is 0 Å². The Bertz CT molecular complexity index is 504. The Morgan fingerprint density at radius 2 is 1.89 bits per heavy atom. The van der Waals surface area contributed by atoms with Crippen LogP contribution in [0.4, 0.5) is 11.6 Å². The van der Waals surface area contributed by atoms with Crippen LogP contribution in [-0.4, -0.2) is 44.8 Å². The van der Waals surface area contributed by atoms with Gasteiger partial charge in [0.05, 0.1) is 6.26 Å². The van der Waals surface area contributed by atoms with Gasteiger partial charge in [-0.2, -0.15) is 0 Å². The summed E-state index contributed by atoms with van der Waals surface area (Å²) in [5.41, 5.74) is 0. The van der Waals surface area contributed by atoms with Gasteiger partial charge in [0, 0.05) is 32.6 Å². The highest BCUT2D eigenvalue weighted by atomic mass is 32.2. The summed E-state index contributed by atoms with van der Waals surface area (Å²) in [5, 5.41) is 6.05. The summed E-state index contributed by atoms with van der Waals surface area (Å²) >= 11 is 0. The van der Waals surface area contributed by atoms with Crippen LogP contribution in [0.1, 0.15) is 19.2 Å². The van der Waals surface area contributed by atoms with Crippen molar-refractivity contribution in [3.8, 4) is 0 Å². The maximum atomic E-state index is 10.9. The Hall–Kier alpha value is -1.41. The fraction of sp³-hybridized carbons (Fsp3) is 0.636. The van der Waals surface area contributed by atoms with Crippen molar-refractivity contribution in [2.45, 2.75) is 19.8 Å². The first kappa shape index (κ1) is 15.6. The van der Waals surface area contributed by atoms with Crippen LogP contribution in [0, 0.1) is 0 Å². The molecule has 1 aromatic heterocycles. The van der Waals surface area contributed by atoms with Crippen molar-refractivity contribution in [2.24, 2.45) is 0 Å². The molecule has 0 aliphatic heterocycles. The first-order chi connectivity index (χ1) is 8.94. The third-order valence-corrected chi connectivity index (χ3v) is 3.03. The number of anilines is 2. The third-order valence-electron chi connectivity index (χ3n) is 2.30. The van der Waals surface area contributed by atoms with E-state index in [4.69, 9.17) is 0 Å². The van der Waals surface area contributed by atoms with E-state index in [1.807, 2.05) is 0 Å². The lowest BCUT2D eigenvalue weighted by Crippen LogP contribution is -2.27. The maximum Gasteiger partial charge on any atom is 0.208 e. The molecule has 1 heterocycles. The van der Waals surface area contributed by atoms with Gasteiger partial charge in [0.25, 0.3) is 0 Å². The SMILES string of the molecule is CCCc1nc(NC)cc(NCCNS(C)(=O)=O)n1. The van der Waals surface area contributed by atoms with Gasteiger partial charge >= 0.3 is 0 Å². The molecule has 0 aromatic carbocycles. The van der Waals surface area contributed by atoms with Crippen molar-refractivity contribution >= 4 is 21.7 Å². The Balaban J connectivity index is 2.59. The van der Waals surface area contributed by atoms with E-state index in [9.17, 15) is 8.42 Å². The molecule has 1 rings (SSSR count). The third kappa shape index (κ3) is 6.35. The van der Waals surface area contributed by atoms with Crippen molar-refractivity contribution < 1.29 is 8.42 Å². The maximum absolute atomic E-state index is 10.9. The van der Waals surface area contributed by atoms with Gasteiger partial charge in [0.2, 0.25) is 10.0 Å². The highest BCUT2D eigenvalue weighted by Crippen LogP contribution is 2.11. The molecule has 0 saturated heterocycles. The fourth-order valence-corrected chi connectivity index (χ4v) is 1.95. The van der Waals surface area contributed by atoms with Gasteiger partial charge in [-0.05, 0) is 6.42 Å². The average molecular weight is 287 g/mol. The van der Waals surface area contributed by atoms with E-state index >= 15 is 0 Å². The molecule has 0 atom stereocenters. The molecular weight excluding hydrogens is 266 g/mol. The zero-order chi connectivity index (χ0) is 14.3. The monoisotopic (exact) mass is 287 g/mol. The summed E-state index contributed by atoms with van der Waals surface area (Å²) < 4.78 is 24.2. The lowest BCUT2D eigenvalue weighted by Gasteiger charge is -2.09. The van der Waals surface area contributed by atoms with Crippen LogP contribution >= 0.6 is 0 Å². The van der Waals surface area contributed by atoms with Crippen LogP contribution in [-0.2, 0) is 16.4 Å². The standard InChI is InChI=1S/C11H21N5O2S/c1-4-5-9-15-10(12-2)8-11(16-9)13-6-7-14-19(3,17)18/h8,14H,4-7H2,1-3H3,(H2,12,13,15,16). The van der Waals surface area contributed by atoms with E-state index < -0.39 is 10.0 Å². The van der Waals surface area contributed by atoms with Gasteiger partial charge in [-0.15, -0.1) is 0 Å². The number of aryl methyl sites for hydroxylation is 1. The van der Waals surface area contributed by atoms with Crippen molar-refractivity contribution in [1.82, 2.24) is 14.7 Å². The van der Waals surface area contributed by atoms with E-state index in [0.29, 0.717) is 18.9 Å². The zero-order valence-corrected chi connectivity index (χ0v) is 12.3. The van der Waals surface area contributed by atoms with Crippen LogP contribution in [0.15, 0.2) is 6.07 Å². The molecule has 0 unspecified atom stereocenters. The number of sulfonamides is 1. The first-order valence-electron chi connectivity index (χ1n) is 6.19. The molecule has 0 saturated carbocycles.